The van der Waals surface area contributed by atoms with Crippen LogP contribution >= 0.6 is 0 Å². The van der Waals surface area contributed by atoms with Crippen LogP contribution < -0.4 is 5.46 Å². The van der Waals surface area contributed by atoms with Crippen molar-refractivity contribution in [2.24, 2.45) is 0 Å². The number of allylic oxidation sites excluding steroid dienone is 4. The number of hydrogen-bond donors (Lipinski definition) is 2. The highest BCUT2D eigenvalue weighted by Gasteiger charge is 2.00. The summed E-state index contributed by atoms with van der Waals surface area (Å²) in [4.78, 5) is 0. The molecule has 16 heavy (non-hydrogen) atoms. The molecule has 0 aliphatic heterocycles. The van der Waals surface area contributed by atoms with Gasteiger partial charge in [0.25, 0.3) is 0 Å². The van der Waals surface area contributed by atoms with Crippen LogP contribution in [0.15, 0.2) is 65.5 Å². The van der Waals surface area contributed by atoms with Crippen molar-refractivity contribution >= 4 is 12.7 Å². The van der Waals surface area contributed by atoms with Gasteiger partial charge in [0.15, 0.2) is 7.28 Å². The summed E-state index contributed by atoms with van der Waals surface area (Å²) in [6.07, 6.45) is 6.71. The van der Waals surface area contributed by atoms with Crippen LogP contribution in [-0.2, 0) is 0 Å². The molecule has 0 saturated carbocycles. The molecule has 0 aromatic heterocycles. The fourth-order valence-corrected chi connectivity index (χ4v) is 1.35. The number of phenolic OH excluding ortho intramolecular Hbond substituents is 1. The molecular formula is C13H10BO2. The van der Waals surface area contributed by atoms with E-state index in [9.17, 15) is 5.11 Å². The minimum atomic E-state index is 0.186. The standard InChI is InChI=1S/C13H10BO2/c15-12-3-1-2-10(4-7-12)14-11-5-8-13(16)9-6-11/h2-9,15-16H. The molecule has 1 aliphatic carbocycles. The molecule has 0 fully saturated rings. The summed E-state index contributed by atoms with van der Waals surface area (Å²) in [5, 5.41) is 18.4. The monoisotopic (exact) mass is 209 g/mol. The van der Waals surface area contributed by atoms with E-state index in [0.717, 1.165) is 10.9 Å². The van der Waals surface area contributed by atoms with Gasteiger partial charge in [0, 0.05) is 6.08 Å². The molecule has 0 unspecified atom stereocenters. The molecule has 77 valence electrons. The van der Waals surface area contributed by atoms with Crippen LogP contribution in [0.2, 0.25) is 0 Å². The van der Waals surface area contributed by atoms with E-state index >= 15 is 0 Å². The predicted octanol–water partition coefficient (Wildman–Crippen LogP) is 1.77. The van der Waals surface area contributed by atoms with Gasteiger partial charge in [-0.15, -0.1) is 5.73 Å². The van der Waals surface area contributed by atoms with Gasteiger partial charge >= 0.3 is 0 Å². The zero-order chi connectivity index (χ0) is 11.4. The van der Waals surface area contributed by atoms with Crippen LogP contribution in [0.25, 0.3) is 0 Å². The Morgan fingerprint density at radius 3 is 2.44 bits per heavy atom. The Hall–Kier alpha value is -2.12. The Morgan fingerprint density at radius 1 is 0.938 bits per heavy atom. The van der Waals surface area contributed by atoms with Crippen molar-refractivity contribution in [3.63, 3.8) is 0 Å². The van der Waals surface area contributed by atoms with Crippen LogP contribution in [0.1, 0.15) is 0 Å². The molecule has 0 atom stereocenters. The molecule has 2 nitrogen and oxygen atoms in total. The Kier molecular flexibility index (Phi) is 2.99. The molecule has 1 aromatic rings. The second-order valence-corrected chi connectivity index (χ2v) is 3.45. The van der Waals surface area contributed by atoms with Gasteiger partial charge in [0.2, 0.25) is 0 Å². The van der Waals surface area contributed by atoms with Crippen molar-refractivity contribution in [3.8, 4) is 5.75 Å². The van der Waals surface area contributed by atoms with Crippen LogP contribution in [0.4, 0.5) is 0 Å². The third-order valence-electron chi connectivity index (χ3n) is 2.15. The first kappa shape index (κ1) is 10.4. The van der Waals surface area contributed by atoms with Crippen molar-refractivity contribution in [2.45, 2.75) is 0 Å². The summed E-state index contributed by atoms with van der Waals surface area (Å²) in [6.45, 7) is 0. The maximum absolute atomic E-state index is 9.24. The van der Waals surface area contributed by atoms with Gasteiger partial charge in [0.05, 0.1) is 0 Å². The molecule has 1 radical (unpaired) electrons. The Labute approximate surface area is 94.8 Å². The summed E-state index contributed by atoms with van der Waals surface area (Å²) >= 11 is 0. The van der Waals surface area contributed by atoms with Crippen molar-refractivity contribution in [2.75, 3.05) is 0 Å². The Morgan fingerprint density at radius 2 is 1.69 bits per heavy atom. The lowest BCUT2D eigenvalue weighted by molar-refractivity contribution is 0.433. The quantitative estimate of drug-likeness (QED) is 0.575. The molecular weight excluding hydrogens is 199 g/mol. The van der Waals surface area contributed by atoms with E-state index in [-0.39, 0.29) is 11.5 Å². The first-order chi connectivity index (χ1) is 7.74. The summed E-state index contributed by atoms with van der Waals surface area (Å²) in [5.41, 5.74) is 4.78. The first-order valence-electron chi connectivity index (χ1n) is 4.91. The van der Waals surface area contributed by atoms with Crippen molar-refractivity contribution in [3.05, 3.63) is 65.5 Å². The molecule has 1 aromatic carbocycles. The summed E-state index contributed by atoms with van der Waals surface area (Å²) in [5.74, 6) is 0.435. The maximum atomic E-state index is 9.24. The fourth-order valence-electron chi connectivity index (χ4n) is 1.35. The van der Waals surface area contributed by atoms with E-state index in [4.69, 9.17) is 5.11 Å². The number of benzene rings is 1. The smallest absolute Gasteiger partial charge is 0.192 e. The lowest BCUT2D eigenvalue weighted by Gasteiger charge is -1.99. The summed E-state index contributed by atoms with van der Waals surface area (Å²) < 4.78 is 0. The molecule has 1 aliphatic rings. The Bertz CT molecular complexity index is 503. The van der Waals surface area contributed by atoms with Gasteiger partial charge < -0.3 is 10.2 Å². The van der Waals surface area contributed by atoms with Gasteiger partial charge in [0.1, 0.15) is 11.5 Å². The highest BCUT2D eigenvalue weighted by molar-refractivity contribution is 6.61. The number of hydrogen-bond acceptors (Lipinski definition) is 2. The predicted molar refractivity (Wildman–Crippen MR) is 64.9 cm³/mol. The number of phenols is 1. The number of rotatable bonds is 2. The molecule has 2 N–H and O–H groups in total. The maximum Gasteiger partial charge on any atom is 0.192 e. The third kappa shape index (κ3) is 2.69. The molecule has 0 amide bonds. The van der Waals surface area contributed by atoms with Gasteiger partial charge in [-0.05, 0) is 24.3 Å². The van der Waals surface area contributed by atoms with Crippen molar-refractivity contribution in [1.29, 1.82) is 0 Å². The fraction of sp³-hybridized carbons (Fsp3) is 0. The second kappa shape index (κ2) is 4.60. The zero-order valence-corrected chi connectivity index (χ0v) is 8.59. The molecule has 0 bridgehead atoms. The molecule has 0 spiro atoms. The van der Waals surface area contributed by atoms with Gasteiger partial charge in [-0.2, -0.15) is 0 Å². The minimum absolute atomic E-state index is 0.186. The van der Waals surface area contributed by atoms with Crippen LogP contribution in [-0.4, -0.2) is 17.5 Å². The second-order valence-electron chi connectivity index (χ2n) is 3.45. The first-order valence-corrected chi connectivity index (χ1v) is 4.91. The topological polar surface area (TPSA) is 40.5 Å². The molecule has 0 heterocycles. The van der Waals surface area contributed by atoms with Gasteiger partial charge in [-0.1, -0.05) is 29.1 Å². The van der Waals surface area contributed by atoms with Gasteiger partial charge in [-0.25, -0.2) is 0 Å². The lowest BCUT2D eigenvalue weighted by Crippen LogP contribution is -2.14. The molecule has 2 rings (SSSR count). The van der Waals surface area contributed by atoms with Gasteiger partial charge in [-0.3, -0.25) is 0 Å². The highest BCUT2D eigenvalue weighted by atomic mass is 16.3. The highest BCUT2D eigenvalue weighted by Crippen LogP contribution is 2.06. The SMILES string of the molecule is OC1=CC=C([B]c2ccc(O)cc2)C=C=C1. The van der Waals surface area contributed by atoms with E-state index in [2.05, 4.69) is 5.73 Å². The van der Waals surface area contributed by atoms with E-state index < -0.39 is 0 Å². The normalized spacial score (nSPS) is 14.0. The molecule has 0 saturated heterocycles. The van der Waals surface area contributed by atoms with E-state index in [1.807, 2.05) is 19.4 Å². The van der Waals surface area contributed by atoms with Crippen LogP contribution in [0, 0.1) is 0 Å². The number of aliphatic hydroxyl groups is 1. The van der Waals surface area contributed by atoms with Crippen LogP contribution in [0.3, 0.4) is 0 Å². The minimum Gasteiger partial charge on any atom is -0.508 e. The van der Waals surface area contributed by atoms with Crippen molar-refractivity contribution in [1.82, 2.24) is 0 Å². The summed E-state index contributed by atoms with van der Waals surface area (Å²) in [6, 6.07) is 6.91. The van der Waals surface area contributed by atoms with E-state index in [1.54, 1.807) is 30.4 Å². The van der Waals surface area contributed by atoms with Crippen molar-refractivity contribution < 1.29 is 10.2 Å². The average Bonchev–Trinajstić information content (AvgIpc) is 2.47. The van der Waals surface area contributed by atoms with Crippen LogP contribution in [0.5, 0.6) is 5.75 Å². The number of aliphatic hydroxyl groups excluding tert-OH is 1. The number of aromatic hydroxyl groups is 1. The average molecular weight is 209 g/mol. The van der Waals surface area contributed by atoms with E-state index in [1.165, 1.54) is 6.08 Å². The lowest BCUT2D eigenvalue weighted by atomic mass is 9.63. The zero-order valence-electron chi connectivity index (χ0n) is 8.59. The Balaban J connectivity index is 2.17. The third-order valence-corrected chi connectivity index (χ3v) is 2.15. The summed E-state index contributed by atoms with van der Waals surface area (Å²) in [7, 11) is 1.94. The largest absolute Gasteiger partial charge is 0.508 e. The van der Waals surface area contributed by atoms with E-state index in [0.29, 0.717) is 0 Å². The molecule has 3 heteroatoms.